The van der Waals surface area contributed by atoms with Crippen LogP contribution in [0.4, 0.5) is 17.1 Å². The van der Waals surface area contributed by atoms with E-state index in [1.54, 1.807) is 20.2 Å². The van der Waals surface area contributed by atoms with Crippen molar-refractivity contribution in [2.45, 2.75) is 55.0 Å². The molecule has 186 valence electrons. The minimum absolute atomic E-state index is 0.0368. The van der Waals surface area contributed by atoms with E-state index < -0.39 is 10.9 Å². The van der Waals surface area contributed by atoms with Crippen molar-refractivity contribution in [1.82, 2.24) is 4.90 Å². The van der Waals surface area contributed by atoms with Crippen LogP contribution in [0.15, 0.2) is 38.3 Å². The van der Waals surface area contributed by atoms with Crippen LogP contribution < -0.4 is 21.5 Å². The van der Waals surface area contributed by atoms with Crippen LogP contribution in [-0.4, -0.2) is 30.0 Å². The molecule has 2 aromatic carbocycles. The van der Waals surface area contributed by atoms with Gasteiger partial charge in [-0.2, -0.15) is 0 Å². The van der Waals surface area contributed by atoms with Crippen molar-refractivity contribution in [3.63, 3.8) is 0 Å². The molecule has 8 heteroatoms. The van der Waals surface area contributed by atoms with Crippen molar-refractivity contribution in [2.75, 3.05) is 24.7 Å². The standard InChI is InChI=1S/C20H21N3O5.C4H10.C2H6/c1-10-8-12(28-11(10)2)9-21-15-16(19(26)18(15)25)22-14-7-5-6-13(17(14)24)20(27)23(3)4;1-4(2)3;1-2/h5-8,21-22,24H,9H2,1-4H3;4H,1-3H3;1-2H3. The topological polar surface area (TPSA) is 112 Å². The molecule has 0 aliphatic heterocycles. The van der Waals surface area contributed by atoms with Crippen LogP contribution in [0, 0.1) is 19.8 Å². The minimum Gasteiger partial charge on any atom is -0.505 e. The molecule has 3 aromatic rings. The first-order valence-corrected chi connectivity index (χ1v) is 11.4. The minimum atomic E-state index is -0.696. The number of nitrogens with one attached hydrogen (secondary N) is 2. The van der Waals surface area contributed by atoms with Gasteiger partial charge in [-0.1, -0.05) is 40.7 Å². The molecule has 0 aliphatic carbocycles. The number of nitrogens with zero attached hydrogens (tertiary/aromatic N) is 1. The lowest BCUT2D eigenvalue weighted by atomic mass is 10.1. The normalized spacial score (nSPS) is 10.2. The lowest BCUT2D eigenvalue weighted by Crippen LogP contribution is -2.36. The molecule has 0 saturated heterocycles. The van der Waals surface area contributed by atoms with E-state index in [1.165, 1.54) is 17.0 Å². The van der Waals surface area contributed by atoms with Gasteiger partial charge in [-0.3, -0.25) is 14.4 Å². The van der Waals surface area contributed by atoms with E-state index in [4.69, 9.17) is 4.42 Å². The highest BCUT2D eigenvalue weighted by atomic mass is 16.3. The molecule has 8 nitrogen and oxygen atoms in total. The Hall–Kier alpha value is -3.55. The van der Waals surface area contributed by atoms with E-state index in [-0.39, 0.29) is 40.8 Å². The van der Waals surface area contributed by atoms with Crippen LogP contribution in [-0.2, 0) is 6.54 Å². The Bertz CT molecular complexity index is 1150. The second-order valence-corrected chi connectivity index (χ2v) is 8.47. The number of furan rings is 1. The maximum Gasteiger partial charge on any atom is 0.257 e. The van der Waals surface area contributed by atoms with Gasteiger partial charge in [0.1, 0.15) is 22.9 Å². The fourth-order valence-electron chi connectivity index (χ4n) is 2.78. The molecular formula is C26H37N3O5. The summed E-state index contributed by atoms with van der Waals surface area (Å²) in [6.07, 6.45) is 0. The summed E-state index contributed by atoms with van der Waals surface area (Å²) < 4.78 is 5.55. The molecule has 0 atom stereocenters. The van der Waals surface area contributed by atoms with E-state index in [2.05, 4.69) is 31.4 Å². The Morgan fingerprint density at radius 3 is 2.12 bits per heavy atom. The van der Waals surface area contributed by atoms with Gasteiger partial charge in [-0.05, 0) is 43.5 Å². The third-order valence-electron chi connectivity index (χ3n) is 4.50. The van der Waals surface area contributed by atoms with E-state index in [9.17, 15) is 19.5 Å². The second-order valence-electron chi connectivity index (χ2n) is 8.47. The third-order valence-corrected chi connectivity index (χ3v) is 4.50. The Kier molecular flexibility index (Phi) is 10.6. The lowest BCUT2D eigenvalue weighted by Gasteiger charge is -2.17. The first kappa shape index (κ1) is 28.5. The fourth-order valence-corrected chi connectivity index (χ4v) is 2.78. The van der Waals surface area contributed by atoms with Crippen molar-refractivity contribution in [1.29, 1.82) is 0 Å². The highest BCUT2D eigenvalue weighted by molar-refractivity contribution is 5.99. The van der Waals surface area contributed by atoms with Gasteiger partial charge in [-0.15, -0.1) is 0 Å². The molecule has 0 aliphatic rings. The Morgan fingerprint density at radius 2 is 1.62 bits per heavy atom. The van der Waals surface area contributed by atoms with Crippen LogP contribution in [0.2, 0.25) is 0 Å². The largest absolute Gasteiger partial charge is 0.505 e. The van der Waals surface area contributed by atoms with Crippen molar-refractivity contribution in [3.05, 3.63) is 67.4 Å². The van der Waals surface area contributed by atoms with Crippen LogP contribution >= 0.6 is 0 Å². The number of benzene rings is 1. The summed E-state index contributed by atoms with van der Waals surface area (Å²) in [7, 11) is 3.14. The fraction of sp³-hybridized carbons (Fsp3) is 0.423. The number of hydrogen-bond acceptors (Lipinski definition) is 7. The molecule has 0 unspecified atom stereocenters. The molecule has 0 radical (unpaired) electrons. The number of amides is 1. The van der Waals surface area contributed by atoms with E-state index in [0.717, 1.165) is 17.2 Å². The van der Waals surface area contributed by atoms with E-state index >= 15 is 0 Å². The number of phenols is 1. The summed E-state index contributed by atoms with van der Waals surface area (Å²) in [5.41, 5.74) is 0.0421. The quantitative estimate of drug-likeness (QED) is 0.345. The van der Waals surface area contributed by atoms with Crippen LogP contribution in [0.3, 0.4) is 0 Å². The first-order chi connectivity index (χ1) is 15.9. The smallest absolute Gasteiger partial charge is 0.257 e. The zero-order valence-electron chi connectivity index (χ0n) is 21.6. The predicted molar refractivity (Wildman–Crippen MR) is 138 cm³/mol. The molecule has 0 bridgehead atoms. The average Bonchev–Trinajstić information content (AvgIpc) is 3.11. The molecule has 1 heterocycles. The summed E-state index contributed by atoms with van der Waals surface area (Å²) in [6, 6.07) is 6.42. The molecule has 34 heavy (non-hydrogen) atoms. The third kappa shape index (κ3) is 6.97. The Morgan fingerprint density at radius 1 is 1.06 bits per heavy atom. The average molecular weight is 472 g/mol. The number of aryl methyl sites for hydroxylation is 2. The highest BCUT2D eigenvalue weighted by Crippen LogP contribution is 2.32. The molecule has 1 amide bonds. The van der Waals surface area contributed by atoms with Gasteiger partial charge < -0.3 is 25.1 Å². The van der Waals surface area contributed by atoms with Gasteiger partial charge >= 0.3 is 0 Å². The lowest BCUT2D eigenvalue weighted by molar-refractivity contribution is 0.0824. The van der Waals surface area contributed by atoms with Crippen LogP contribution in [0.1, 0.15) is 62.1 Å². The molecule has 3 N–H and O–H groups in total. The number of anilines is 3. The highest BCUT2D eigenvalue weighted by Gasteiger charge is 2.23. The van der Waals surface area contributed by atoms with E-state index in [0.29, 0.717) is 5.76 Å². The van der Waals surface area contributed by atoms with Crippen LogP contribution in [0.5, 0.6) is 5.75 Å². The molecule has 0 fully saturated rings. The van der Waals surface area contributed by atoms with E-state index in [1.807, 2.05) is 33.8 Å². The Balaban J connectivity index is 0.000000872. The monoisotopic (exact) mass is 471 g/mol. The summed E-state index contributed by atoms with van der Waals surface area (Å²) in [5.74, 6) is 1.58. The number of aromatic hydroxyl groups is 1. The zero-order valence-corrected chi connectivity index (χ0v) is 21.6. The Labute approximate surface area is 201 Å². The van der Waals surface area contributed by atoms with Crippen LogP contribution in [0.25, 0.3) is 0 Å². The first-order valence-electron chi connectivity index (χ1n) is 11.4. The number of rotatable bonds is 6. The number of carbonyl (C=O) groups is 1. The molecule has 0 saturated carbocycles. The summed E-state index contributed by atoms with van der Waals surface area (Å²) >= 11 is 0. The second kappa shape index (κ2) is 12.6. The molecule has 0 spiro atoms. The summed E-state index contributed by atoms with van der Waals surface area (Å²) in [5, 5.41) is 16.0. The number of phenolic OH excluding ortho intramolecular Hbond substituents is 1. The maximum atomic E-state index is 12.1. The zero-order chi connectivity index (χ0) is 26.2. The van der Waals surface area contributed by atoms with Gasteiger partial charge in [0.05, 0.1) is 17.8 Å². The van der Waals surface area contributed by atoms with Crippen molar-refractivity contribution < 1.29 is 14.3 Å². The maximum absolute atomic E-state index is 12.1. The number of para-hydroxylation sites is 1. The van der Waals surface area contributed by atoms with Gasteiger partial charge in [-0.25, -0.2) is 0 Å². The summed E-state index contributed by atoms with van der Waals surface area (Å²) in [6.45, 7) is 14.5. The van der Waals surface area contributed by atoms with Crippen molar-refractivity contribution in [3.8, 4) is 5.75 Å². The van der Waals surface area contributed by atoms with Gasteiger partial charge in [0.25, 0.3) is 16.8 Å². The van der Waals surface area contributed by atoms with Crippen molar-refractivity contribution in [2.24, 2.45) is 5.92 Å². The molecular weight excluding hydrogens is 434 g/mol. The molecule has 1 aromatic heterocycles. The van der Waals surface area contributed by atoms with Gasteiger partial charge in [0, 0.05) is 14.1 Å². The number of hydrogen-bond donors (Lipinski definition) is 3. The molecule has 3 rings (SSSR count). The summed E-state index contributed by atoms with van der Waals surface area (Å²) in [4.78, 5) is 37.4. The van der Waals surface area contributed by atoms with Gasteiger partial charge in [0.15, 0.2) is 5.75 Å². The van der Waals surface area contributed by atoms with Gasteiger partial charge in [0.2, 0.25) is 0 Å². The SMILES string of the molecule is CC.CC(C)C.Cc1cc(CNc2c(Nc3cccc(C(=O)N(C)C)c3O)c(=O)c2=O)oc1C. The van der Waals surface area contributed by atoms with Crippen molar-refractivity contribution >= 4 is 23.0 Å². The number of carbonyl (C=O) groups excluding carboxylic acids is 1. The predicted octanol–water partition coefficient (Wildman–Crippen LogP) is 4.94.